The molecule has 0 unspecified atom stereocenters. The average molecular weight is 284 g/mol. The first-order valence-electron chi connectivity index (χ1n) is 6.26. The second kappa shape index (κ2) is 6.10. The number of anilines is 1. The highest BCUT2D eigenvalue weighted by atomic mass is 35.5. The second-order valence-corrected chi connectivity index (χ2v) is 4.94. The quantitative estimate of drug-likeness (QED) is 0.939. The summed E-state index contributed by atoms with van der Waals surface area (Å²) in [7, 11) is 1.94. The summed E-state index contributed by atoms with van der Waals surface area (Å²) in [5.41, 5.74) is 3.47. The van der Waals surface area contributed by atoms with Gasteiger partial charge < -0.3 is 5.32 Å². The topological polar surface area (TPSA) is 47.7 Å². The number of aryl methyl sites for hydroxylation is 2. The van der Waals surface area contributed by atoms with Gasteiger partial charge in [0.1, 0.15) is 5.82 Å². The Bertz CT molecular complexity index is 541. The van der Waals surface area contributed by atoms with Crippen LogP contribution in [-0.2, 0) is 13.6 Å². The van der Waals surface area contributed by atoms with E-state index in [1.807, 2.05) is 35.6 Å². The van der Waals surface area contributed by atoms with E-state index in [0.717, 1.165) is 18.1 Å². The first-order chi connectivity index (χ1) is 8.49. The molecule has 2 aromatic heterocycles. The van der Waals surface area contributed by atoms with E-state index in [0.29, 0.717) is 6.04 Å². The fourth-order valence-electron chi connectivity index (χ4n) is 2.12. The molecular weight excluding hydrogens is 262 g/mol. The molecule has 0 aliphatic heterocycles. The Kier molecular flexibility index (Phi) is 5.00. The van der Waals surface area contributed by atoms with Crippen LogP contribution in [0.5, 0.6) is 0 Å². The Hall–Kier alpha value is -1.49. The summed E-state index contributed by atoms with van der Waals surface area (Å²) in [4.78, 5) is 0. The molecular formula is C13H22ClN5. The van der Waals surface area contributed by atoms with Gasteiger partial charge in [0, 0.05) is 37.0 Å². The van der Waals surface area contributed by atoms with E-state index in [1.54, 1.807) is 0 Å². The fraction of sp³-hybridized carbons (Fsp3) is 0.538. The summed E-state index contributed by atoms with van der Waals surface area (Å²) in [6.45, 7) is 9.16. The van der Waals surface area contributed by atoms with Crippen LogP contribution in [-0.4, -0.2) is 19.6 Å². The molecule has 1 N–H and O–H groups in total. The van der Waals surface area contributed by atoms with Crippen LogP contribution in [0.4, 0.5) is 5.82 Å². The summed E-state index contributed by atoms with van der Waals surface area (Å²) in [6.07, 6.45) is 1.94. The molecule has 19 heavy (non-hydrogen) atoms. The average Bonchev–Trinajstić information content (AvgIpc) is 2.79. The van der Waals surface area contributed by atoms with Crippen molar-refractivity contribution >= 4 is 18.2 Å². The predicted octanol–water partition coefficient (Wildman–Crippen LogP) is 2.85. The van der Waals surface area contributed by atoms with Crippen LogP contribution >= 0.6 is 12.4 Å². The highest BCUT2D eigenvalue weighted by Gasteiger charge is 2.09. The van der Waals surface area contributed by atoms with Gasteiger partial charge in [-0.2, -0.15) is 10.2 Å². The van der Waals surface area contributed by atoms with Crippen LogP contribution in [0.25, 0.3) is 0 Å². The Balaban J connectivity index is 0.00000180. The molecule has 0 fully saturated rings. The summed E-state index contributed by atoms with van der Waals surface area (Å²) >= 11 is 0. The molecule has 0 aromatic carbocycles. The number of aromatic nitrogens is 4. The molecule has 0 aliphatic rings. The molecule has 2 rings (SSSR count). The molecule has 2 heterocycles. The molecule has 6 heteroatoms. The van der Waals surface area contributed by atoms with Crippen molar-refractivity contribution in [1.82, 2.24) is 19.6 Å². The molecule has 106 valence electrons. The minimum atomic E-state index is 0. The largest absolute Gasteiger partial charge is 0.366 e. The predicted molar refractivity (Wildman–Crippen MR) is 79.9 cm³/mol. The molecule has 0 spiro atoms. The third kappa shape index (κ3) is 3.29. The van der Waals surface area contributed by atoms with Crippen LogP contribution in [0.3, 0.4) is 0 Å². The second-order valence-electron chi connectivity index (χ2n) is 4.94. The van der Waals surface area contributed by atoms with Crippen molar-refractivity contribution in [2.24, 2.45) is 7.05 Å². The Labute approximate surface area is 120 Å². The summed E-state index contributed by atoms with van der Waals surface area (Å²) in [6, 6.07) is 2.44. The van der Waals surface area contributed by atoms with Crippen LogP contribution in [0.1, 0.15) is 36.8 Å². The third-order valence-corrected chi connectivity index (χ3v) is 3.10. The smallest absolute Gasteiger partial charge is 0.124 e. The Morgan fingerprint density at radius 1 is 1.32 bits per heavy atom. The van der Waals surface area contributed by atoms with Gasteiger partial charge in [0.15, 0.2) is 0 Å². The van der Waals surface area contributed by atoms with E-state index in [4.69, 9.17) is 0 Å². The summed E-state index contributed by atoms with van der Waals surface area (Å²) < 4.78 is 3.91. The molecule has 0 atom stereocenters. The lowest BCUT2D eigenvalue weighted by Gasteiger charge is -2.09. The standard InChI is InChI=1S/C13H21N5.ClH/c1-9(2)18-11(4)12(8-15-18)7-14-13-6-10(3)16-17(13)5;/h6,8-9,14H,7H2,1-5H3;1H. The van der Waals surface area contributed by atoms with Crippen molar-refractivity contribution < 1.29 is 0 Å². The van der Waals surface area contributed by atoms with Crippen molar-refractivity contribution in [3.63, 3.8) is 0 Å². The minimum absolute atomic E-state index is 0. The fourth-order valence-corrected chi connectivity index (χ4v) is 2.12. The zero-order chi connectivity index (χ0) is 13.3. The lowest BCUT2D eigenvalue weighted by Crippen LogP contribution is -2.07. The van der Waals surface area contributed by atoms with Gasteiger partial charge in [0.25, 0.3) is 0 Å². The lowest BCUT2D eigenvalue weighted by molar-refractivity contribution is 0.518. The van der Waals surface area contributed by atoms with Gasteiger partial charge in [-0.05, 0) is 27.7 Å². The van der Waals surface area contributed by atoms with Crippen molar-refractivity contribution in [2.45, 2.75) is 40.3 Å². The number of nitrogens with one attached hydrogen (secondary N) is 1. The number of hydrogen-bond acceptors (Lipinski definition) is 3. The maximum absolute atomic E-state index is 4.41. The van der Waals surface area contributed by atoms with Crippen LogP contribution < -0.4 is 5.32 Å². The molecule has 0 bridgehead atoms. The number of nitrogens with zero attached hydrogens (tertiary/aromatic N) is 4. The van der Waals surface area contributed by atoms with Gasteiger partial charge in [-0.3, -0.25) is 9.36 Å². The van der Waals surface area contributed by atoms with Gasteiger partial charge >= 0.3 is 0 Å². The van der Waals surface area contributed by atoms with Gasteiger partial charge in [0.05, 0.1) is 11.9 Å². The molecule has 5 nitrogen and oxygen atoms in total. The van der Waals surface area contributed by atoms with Gasteiger partial charge in [-0.15, -0.1) is 12.4 Å². The van der Waals surface area contributed by atoms with E-state index in [9.17, 15) is 0 Å². The molecule has 0 radical (unpaired) electrons. The number of rotatable bonds is 4. The maximum Gasteiger partial charge on any atom is 0.124 e. The first kappa shape index (κ1) is 15.6. The molecule has 0 amide bonds. The van der Waals surface area contributed by atoms with E-state index < -0.39 is 0 Å². The molecule has 2 aromatic rings. The van der Waals surface area contributed by atoms with E-state index in [1.165, 1.54) is 11.3 Å². The summed E-state index contributed by atoms with van der Waals surface area (Å²) in [5.74, 6) is 1.03. The van der Waals surface area contributed by atoms with Crippen LogP contribution in [0.2, 0.25) is 0 Å². The summed E-state index contributed by atoms with van der Waals surface area (Å²) in [5, 5.41) is 12.1. The molecule has 0 aliphatic carbocycles. The van der Waals surface area contributed by atoms with E-state index in [2.05, 4.69) is 36.3 Å². The van der Waals surface area contributed by atoms with Gasteiger partial charge in [-0.1, -0.05) is 0 Å². The zero-order valence-corrected chi connectivity index (χ0v) is 13.0. The van der Waals surface area contributed by atoms with E-state index in [-0.39, 0.29) is 12.4 Å². The van der Waals surface area contributed by atoms with Crippen molar-refractivity contribution in [1.29, 1.82) is 0 Å². The van der Waals surface area contributed by atoms with Crippen LogP contribution in [0.15, 0.2) is 12.3 Å². The highest BCUT2D eigenvalue weighted by molar-refractivity contribution is 5.85. The molecule has 0 saturated heterocycles. The van der Waals surface area contributed by atoms with Crippen molar-refractivity contribution in [2.75, 3.05) is 5.32 Å². The Morgan fingerprint density at radius 2 is 2.00 bits per heavy atom. The monoisotopic (exact) mass is 283 g/mol. The zero-order valence-electron chi connectivity index (χ0n) is 12.1. The highest BCUT2D eigenvalue weighted by Crippen LogP contribution is 2.15. The first-order valence-corrected chi connectivity index (χ1v) is 6.26. The normalized spacial score (nSPS) is 10.6. The van der Waals surface area contributed by atoms with E-state index >= 15 is 0 Å². The van der Waals surface area contributed by atoms with Crippen molar-refractivity contribution in [3.8, 4) is 0 Å². The Morgan fingerprint density at radius 3 is 2.47 bits per heavy atom. The maximum atomic E-state index is 4.41. The van der Waals surface area contributed by atoms with Gasteiger partial charge in [-0.25, -0.2) is 0 Å². The molecule has 0 saturated carbocycles. The SMILES string of the molecule is Cc1cc(NCc2cnn(C(C)C)c2C)n(C)n1.Cl. The number of halogens is 1. The third-order valence-electron chi connectivity index (χ3n) is 3.10. The lowest BCUT2D eigenvalue weighted by atomic mass is 10.2. The van der Waals surface area contributed by atoms with Crippen LogP contribution in [0, 0.1) is 13.8 Å². The van der Waals surface area contributed by atoms with Crippen molar-refractivity contribution in [3.05, 3.63) is 29.2 Å². The minimum Gasteiger partial charge on any atom is -0.366 e. The van der Waals surface area contributed by atoms with Gasteiger partial charge in [0.2, 0.25) is 0 Å². The number of hydrogen-bond donors (Lipinski definition) is 1.